The van der Waals surface area contributed by atoms with Crippen molar-refractivity contribution in [3.05, 3.63) is 0 Å². The summed E-state index contributed by atoms with van der Waals surface area (Å²) < 4.78 is 47.4. The van der Waals surface area contributed by atoms with E-state index in [2.05, 4.69) is 4.18 Å². The van der Waals surface area contributed by atoms with Gasteiger partial charge in [0.15, 0.2) is 9.84 Å². The zero-order valence-electron chi connectivity index (χ0n) is 6.56. The molecule has 0 bridgehead atoms. The maximum Gasteiger partial charge on any atom is 0.264 e. The van der Waals surface area contributed by atoms with Gasteiger partial charge in [0.1, 0.15) is 0 Å². The average molecular weight is 214 g/mol. The minimum Gasteiger partial charge on any atom is -0.266 e. The number of hydrogen-bond donors (Lipinski definition) is 0. The van der Waals surface area contributed by atoms with Gasteiger partial charge in [-0.2, -0.15) is 8.42 Å². The lowest BCUT2D eigenvalue weighted by molar-refractivity contribution is 0.238. The molecular formula is C5H10O5S2. The van der Waals surface area contributed by atoms with Crippen molar-refractivity contribution in [1.82, 2.24) is 0 Å². The standard InChI is InChI=1S/C5H10O5S2/c1-11(6,7)10-5-2-3-12(8,9)4-5/h5H,2-4H2,1H3. The van der Waals surface area contributed by atoms with Crippen molar-refractivity contribution in [3.63, 3.8) is 0 Å². The monoisotopic (exact) mass is 214 g/mol. The highest BCUT2D eigenvalue weighted by atomic mass is 32.2. The van der Waals surface area contributed by atoms with E-state index in [0.29, 0.717) is 0 Å². The van der Waals surface area contributed by atoms with E-state index in [9.17, 15) is 16.8 Å². The Morgan fingerprint density at radius 1 is 1.42 bits per heavy atom. The second-order valence-electron chi connectivity index (χ2n) is 2.83. The predicted octanol–water partition coefficient (Wildman–Crippen LogP) is -0.850. The van der Waals surface area contributed by atoms with Crippen molar-refractivity contribution in [3.8, 4) is 0 Å². The Balaban J connectivity index is 2.61. The molecule has 0 aliphatic carbocycles. The van der Waals surface area contributed by atoms with E-state index in [1.807, 2.05) is 0 Å². The van der Waals surface area contributed by atoms with E-state index < -0.39 is 26.1 Å². The maximum absolute atomic E-state index is 10.9. The van der Waals surface area contributed by atoms with Crippen LogP contribution in [0.2, 0.25) is 0 Å². The highest BCUT2D eigenvalue weighted by Crippen LogP contribution is 2.16. The molecule has 0 saturated carbocycles. The van der Waals surface area contributed by atoms with Gasteiger partial charge in [0.2, 0.25) is 0 Å². The Morgan fingerprint density at radius 2 is 2.00 bits per heavy atom. The van der Waals surface area contributed by atoms with Gasteiger partial charge in [-0.05, 0) is 6.42 Å². The van der Waals surface area contributed by atoms with Gasteiger partial charge in [-0.3, -0.25) is 4.18 Å². The first-order valence-corrected chi connectivity index (χ1v) is 7.01. The molecule has 0 aromatic rings. The van der Waals surface area contributed by atoms with Crippen LogP contribution in [0, 0.1) is 0 Å². The molecule has 0 spiro atoms. The molecule has 7 heteroatoms. The zero-order valence-corrected chi connectivity index (χ0v) is 8.19. The molecule has 1 heterocycles. The highest BCUT2D eigenvalue weighted by molar-refractivity contribution is 7.91. The number of sulfone groups is 1. The fourth-order valence-corrected chi connectivity index (χ4v) is 3.42. The summed E-state index contributed by atoms with van der Waals surface area (Å²) in [4.78, 5) is 0. The van der Waals surface area contributed by atoms with Crippen LogP contribution < -0.4 is 0 Å². The van der Waals surface area contributed by atoms with Crippen molar-refractivity contribution in [2.24, 2.45) is 0 Å². The number of rotatable bonds is 2. The molecule has 0 amide bonds. The summed E-state index contributed by atoms with van der Waals surface area (Å²) in [5, 5.41) is 0. The van der Waals surface area contributed by atoms with Crippen molar-refractivity contribution in [1.29, 1.82) is 0 Å². The van der Waals surface area contributed by atoms with Crippen LogP contribution in [-0.4, -0.2) is 40.7 Å². The second-order valence-corrected chi connectivity index (χ2v) is 6.65. The van der Waals surface area contributed by atoms with Crippen LogP contribution in [0.4, 0.5) is 0 Å². The molecule has 72 valence electrons. The lowest BCUT2D eigenvalue weighted by Gasteiger charge is -2.05. The van der Waals surface area contributed by atoms with E-state index in [-0.39, 0.29) is 17.9 Å². The Labute approximate surface area is 71.8 Å². The molecule has 0 aromatic carbocycles. The third-order valence-corrected chi connectivity index (χ3v) is 3.86. The molecular weight excluding hydrogens is 204 g/mol. The van der Waals surface area contributed by atoms with Crippen LogP contribution in [0.25, 0.3) is 0 Å². The van der Waals surface area contributed by atoms with Crippen LogP contribution in [0.15, 0.2) is 0 Å². The first kappa shape index (κ1) is 9.94. The summed E-state index contributed by atoms with van der Waals surface area (Å²) in [7, 11) is -6.58. The third kappa shape index (κ3) is 3.08. The summed E-state index contributed by atoms with van der Waals surface area (Å²) >= 11 is 0. The fourth-order valence-electron chi connectivity index (χ4n) is 1.08. The van der Waals surface area contributed by atoms with Gasteiger partial charge in [0.05, 0.1) is 23.9 Å². The Kier molecular flexibility index (Phi) is 2.46. The smallest absolute Gasteiger partial charge is 0.264 e. The van der Waals surface area contributed by atoms with Crippen molar-refractivity contribution in [2.45, 2.75) is 12.5 Å². The summed E-state index contributed by atoms with van der Waals surface area (Å²) in [6, 6.07) is 0. The predicted molar refractivity (Wildman–Crippen MR) is 43.0 cm³/mol. The molecule has 1 aliphatic heterocycles. The first-order valence-electron chi connectivity index (χ1n) is 3.37. The summed E-state index contributed by atoms with van der Waals surface area (Å²) in [6.45, 7) is 0. The van der Waals surface area contributed by atoms with Crippen LogP contribution in [0.1, 0.15) is 6.42 Å². The van der Waals surface area contributed by atoms with Gasteiger partial charge in [0.25, 0.3) is 10.1 Å². The molecule has 1 rings (SSSR count). The molecule has 1 fully saturated rings. The van der Waals surface area contributed by atoms with Crippen molar-refractivity contribution < 1.29 is 21.0 Å². The van der Waals surface area contributed by atoms with E-state index in [4.69, 9.17) is 0 Å². The molecule has 1 atom stereocenters. The SMILES string of the molecule is CS(=O)(=O)OC1CCS(=O)(=O)C1. The van der Waals surface area contributed by atoms with Gasteiger partial charge in [0, 0.05) is 0 Å². The van der Waals surface area contributed by atoms with E-state index in [0.717, 1.165) is 6.26 Å². The van der Waals surface area contributed by atoms with Crippen molar-refractivity contribution in [2.75, 3.05) is 17.8 Å². The van der Waals surface area contributed by atoms with Gasteiger partial charge < -0.3 is 0 Å². The van der Waals surface area contributed by atoms with E-state index in [1.165, 1.54) is 0 Å². The molecule has 1 unspecified atom stereocenters. The van der Waals surface area contributed by atoms with Crippen LogP contribution in [0.3, 0.4) is 0 Å². The lowest BCUT2D eigenvalue weighted by atomic mass is 10.3. The largest absolute Gasteiger partial charge is 0.266 e. The van der Waals surface area contributed by atoms with Crippen LogP contribution >= 0.6 is 0 Å². The molecule has 0 radical (unpaired) electrons. The molecule has 1 aliphatic rings. The van der Waals surface area contributed by atoms with E-state index in [1.54, 1.807) is 0 Å². The van der Waals surface area contributed by atoms with Gasteiger partial charge in [-0.15, -0.1) is 0 Å². The quantitative estimate of drug-likeness (QED) is 0.559. The Hall–Kier alpha value is -0.140. The minimum atomic E-state index is -3.52. The Morgan fingerprint density at radius 3 is 2.33 bits per heavy atom. The molecule has 1 saturated heterocycles. The zero-order chi connectivity index (χ0) is 9.41. The second kappa shape index (κ2) is 2.97. The first-order chi connectivity index (χ1) is 5.29. The summed E-state index contributed by atoms with van der Waals surface area (Å²) in [5.41, 5.74) is 0. The maximum atomic E-state index is 10.9. The van der Waals surface area contributed by atoms with Crippen molar-refractivity contribution >= 4 is 20.0 Å². The highest BCUT2D eigenvalue weighted by Gasteiger charge is 2.30. The third-order valence-electron chi connectivity index (χ3n) is 1.50. The van der Waals surface area contributed by atoms with E-state index >= 15 is 0 Å². The van der Waals surface area contributed by atoms with Crippen LogP contribution in [0.5, 0.6) is 0 Å². The average Bonchev–Trinajstić information content (AvgIpc) is 2.05. The summed E-state index contributed by atoms with van der Waals surface area (Å²) in [6.07, 6.45) is 0.512. The van der Waals surface area contributed by atoms with Gasteiger partial charge in [-0.1, -0.05) is 0 Å². The van der Waals surface area contributed by atoms with Gasteiger partial charge >= 0.3 is 0 Å². The lowest BCUT2D eigenvalue weighted by Crippen LogP contribution is -2.18. The summed E-state index contributed by atoms with van der Waals surface area (Å²) in [5.74, 6) is -0.159. The molecule has 12 heavy (non-hydrogen) atoms. The van der Waals surface area contributed by atoms with Crippen LogP contribution in [-0.2, 0) is 24.1 Å². The molecule has 0 aromatic heterocycles. The Bertz CT molecular complexity index is 351. The fraction of sp³-hybridized carbons (Fsp3) is 1.00. The van der Waals surface area contributed by atoms with Gasteiger partial charge in [-0.25, -0.2) is 8.42 Å². The molecule has 0 N–H and O–H groups in total. The minimum absolute atomic E-state index is 0.0210. The normalized spacial score (nSPS) is 28.9. The number of hydrogen-bond acceptors (Lipinski definition) is 5. The topological polar surface area (TPSA) is 77.5 Å². The molecule has 5 nitrogen and oxygen atoms in total.